The lowest BCUT2D eigenvalue weighted by atomic mass is 10.1. The fourth-order valence-corrected chi connectivity index (χ4v) is 4.81. The lowest BCUT2D eigenvalue weighted by molar-refractivity contribution is -0.150. The van der Waals surface area contributed by atoms with Gasteiger partial charge in [0, 0.05) is 18.2 Å². The number of aryl methyl sites for hydroxylation is 1. The van der Waals surface area contributed by atoms with Crippen molar-refractivity contribution < 1.29 is 22.7 Å². The summed E-state index contributed by atoms with van der Waals surface area (Å²) in [4.78, 5) is 26.1. The number of hydrogen-bond acceptors (Lipinski definition) is 5. The molecule has 0 spiro atoms. The van der Waals surface area contributed by atoms with Gasteiger partial charge in [0.25, 0.3) is 5.91 Å². The summed E-state index contributed by atoms with van der Waals surface area (Å²) < 4.78 is 28.6. The molecule has 1 fully saturated rings. The molecule has 0 saturated carbocycles. The average Bonchev–Trinajstić information content (AvgIpc) is 2.98. The Morgan fingerprint density at radius 3 is 2.52 bits per heavy atom. The molecule has 1 aliphatic heterocycles. The Hall–Kier alpha value is -2.15. The fraction of sp³-hybridized carbons (Fsp3) is 0.500. The summed E-state index contributed by atoms with van der Waals surface area (Å²) in [7, 11) is -3.10. The first kappa shape index (κ1) is 21.2. The number of rotatable bonds is 7. The molecule has 0 bridgehead atoms. The smallest absolute Gasteiger partial charge is 0.331 e. The van der Waals surface area contributed by atoms with Crippen molar-refractivity contribution in [2.24, 2.45) is 0 Å². The molecule has 7 heteroatoms. The highest BCUT2D eigenvalue weighted by molar-refractivity contribution is 7.91. The largest absolute Gasteiger partial charge is 0.452 e. The second-order valence-corrected chi connectivity index (χ2v) is 9.20. The molecule has 1 aromatic carbocycles. The van der Waals surface area contributed by atoms with E-state index < -0.39 is 22.4 Å². The lowest BCUT2D eigenvalue weighted by Crippen LogP contribution is -2.48. The molecule has 0 aromatic heterocycles. The molecule has 1 amide bonds. The number of ether oxygens (including phenoxy) is 1. The van der Waals surface area contributed by atoms with E-state index in [9.17, 15) is 18.0 Å². The number of amides is 1. The van der Waals surface area contributed by atoms with Crippen LogP contribution in [0.3, 0.4) is 0 Å². The highest BCUT2D eigenvalue weighted by atomic mass is 32.2. The Labute approximate surface area is 161 Å². The number of benzene rings is 1. The van der Waals surface area contributed by atoms with Gasteiger partial charge in [0.2, 0.25) is 0 Å². The molecular formula is C20H27NO5S. The van der Waals surface area contributed by atoms with E-state index in [1.54, 1.807) is 11.0 Å². The molecule has 0 unspecified atom stereocenters. The van der Waals surface area contributed by atoms with Gasteiger partial charge in [0.05, 0.1) is 11.5 Å². The summed E-state index contributed by atoms with van der Waals surface area (Å²) in [5.74, 6) is -0.892. The molecule has 148 valence electrons. The van der Waals surface area contributed by atoms with Crippen molar-refractivity contribution in [1.82, 2.24) is 4.90 Å². The van der Waals surface area contributed by atoms with Crippen molar-refractivity contribution in [3.05, 3.63) is 41.5 Å². The predicted octanol–water partition coefficient (Wildman–Crippen LogP) is 2.37. The highest BCUT2D eigenvalue weighted by Crippen LogP contribution is 2.21. The van der Waals surface area contributed by atoms with Gasteiger partial charge in [-0.2, -0.15) is 0 Å². The topological polar surface area (TPSA) is 80.8 Å². The molecule has 1 aliphatic rings. The van der Waals surface area contributed by atoms with Gasteiger partial charge >= 0.3 is 5.97 Å². The zero-order chi connectivity index (χ0) is 20.0. The maximum absolute atomic E-state index is 12.6. The zero-order valence-electron chi connectivity index (χ0n) is 16.1. The molecule has 2 atom stereocenters. The van der Waals surface area contributed by atoms with Crippen LogP contribution in [0.1, 0.15) is 37.8 Å². The van der Waals surface area contributed by atoms with Crippen molar-refractivity contribution in [1.29, 1.82) is 0 Å². The van der Waals surface area contributed by atoms with Crippen LogP contribution >= 0.6 is 0 Å². The molecule has 1 heterocycles. The average molecular weight is 394 g/mol. The van der Waals surface area contributed by atoms with E-state index in [-0.39, 0.29) is 29.5 Å². The second-order valence-electron chi connectivity index (χ2n) is 6.97. The summed E-state index contributed by atoms with van der Waals surface area (Å²) in [6.07, 6.45) is 4.04. The number of sulfone groups is 1. The molecule has 1 aromatic rings. The van der Waals surface area contributed by atoms with Crippen molar-refractivity contribution >= 4 is 27.8 Å². The highest BCUT2D eigenvalue weighted by Gasteiger charge is 2.36. The Morgan fingerprint density at radius 2 is 1.96 bits per heavy atom. The second kappa shape index (κ2) is 9.17. The molecule has 0 radical (unpaired) electrons. The van der Waals surface area contributed by atoms with Crippen molar-refractivity contribution in [2.75, 3.05) is 18.1 Å². The van der Waals surface area contributed by atoms with Gasteiger partial charge in [-0.1, -0.05) is 36.8 Å². The van der Waals surface area contributed by atoms with Crippen LogP contribution in [0.4, 0.5) is 0 Å². The van der Waals surface area contributed by atoms with Crippen LogP contribution in [-0.4, -0.2) is 55.4 Å². The maximum Gasteiger partial charge on any atom is 0.331 e. The number of carbonyl (C=O) groups is 2. The van der Waals surface area contributed by atoms with Gasteiger partial charge in [-0.3, -0.25) is 4.79 Å². The van der Waals surface area contributed by atoms with Gasteiger partial charge in [-0.05, 0) is 38.3 Å². The molecule has 2 rings (SSSR count). The Kier molecular flexibility index (Phi) is 7.18. The van der Waals surface area contributed by atoms with Crippen LogP contribution in [0.5, 0.6) is 0 Å². The van der Waals surface area contributed by atoms with Crippen molar-refractivity contribution in [2.45, 2.75) is 45.7 Å². The van der Waals surface area contributed by atoms with Crippen LogP contribution in [0, 0.1) is 6.92 Å². The first-order valence-corrected chi connectivity index (χ1v) is 11.0. The quantitative estimate of drug-likeness (QED) is 0.525. The minimum absolute atomic E-state index is 0.0235. The summed E-state index contributed by atoms with van der Waals surface area (Å²) in [5.41, 5.74) is 1.99. The SMILES string of the molecule is CC[C@@H](C)N(C(=O)COC(=O)/C=C/c1ccc(C)cc1)[C@H]1CCS(=O)(=O)C1. The van der Waals surface area contributed by atoms with Gasteiger partial charge in [-0.25, -0.2) is 13.2 Å². The molecule has 0 aliphatic carbocycles. The minimum Gasteiger partial charge on any atom is -0.452 e. The van der Waals surface area contributed by atoms with E-state index in [0.29, 0.717) is 12.8 Å². The van der Waals surface area contributed by atoms with E-state index in [1.165, 1.54) is 6.08 Å². The van der Waals surface area contributed by atoms with Gasteiger partial charge in [-0.15, -0.1) is 0 Å². The first-order valence-electron chi connectivity index (χ1n) is 9.15. The third-order valence-corrected chi connectivity index (χ3v) is 6.53. The monoisotopic (exact) mass is 393 g/mol. The Balaban J connectivity index is 1.94. The Bertz CT molecular complexity index is 798. The van der Waals surface area contributed by atoms with E-state index in [0.717, 1.165) is 11.1 Å². The Morgan fingerprint density at radius 1 is 1.30 bits per heavy atom. The van der Waals surface area contributed by atoms with E-state index in [4.69, 9.17) is 4.74 Å². The third-order valence-electron chi connectivity index (χ3n) is 4.78. The summed E-state index contributed by atoms with van der Waals surface area (Å²) in [6.45, 7) is 5.40. The standard InChI is InChI=1S/C20H27NO5S/c1-4-16(3)21(18-11-12-27(24,25)14-18)19(22)13-26-20(23)10-9-17-7-5-15(2)6-8-17/h5-10,16,18H,4,11-14H2,1-3H3/b10-9+/t16-,18+/m1/s1. The molecule has 6 nitrogen and oxygen atoms in total. The minimum atomic E-state index is -3.10. The lowest BCUT2D eigenvalue weighted by Gasteiger charge is -2.33. The van der Waals surface area contributed by atoms with Gasteiger partial charge in [0.15, 0.2) is 16.4 Å². The predicted molar refractivity (Wildman–Crippen MR) is 105 cm³/mol. The molecule has 0 N–H and O–H groups in total. The third kappa shape index (κ3) is 6.20. The van der Waals surface area contributed by atoms with E-state index in [1.807, 2.05) is 45.0 Å². The van der Waals surface area contributed by atoms with Gasteiger partial charge < -0.3 is 9.64 Å². The summed E-state index contributed by atoms with van der Waals surface area (Å²) in [5, 5.41) is 0. The molecule has 1 saturated heterocycles. The first-order chi connectivity index (χ1) is 12.7. The number of carbonyl (C=O) groups excluding carboxylic acids is 2. The number of esters is 1. The van der Waals surface area contributed by atoms with Crippen molar-refractivity contribution in [3.63, 3.8) is 0 Å². The van der Waals surface area contributed by atoms with Crippen LogP contribution in [0.25, 0.3) is 6.08 Å². The van der Waals surface area contributed by atoms with Gasteiger partial charge in [0.1, 0.15) is 0 Å². The molecular weight excluding hydrogens is 366 g/mol. The normalized spacial score (nSPS) is 19.7. The van der Waals surface area contributed by atoms with Crippen molar-refractivity contribution in [3.8, 4) is 0 Å². The van der Waals surface area contributed by atoms with Crippen LogP contribution in [0.15, 0.2) is 30.3 Å². The number of hydrogen-bond donors (Lipinski definition) is 0. The molecule has 27 heavy (non-hydrogen) atoms. The fourth-order valence-electron chi connectivity index (χ4n) is 3.10. The van der Waals surface area contributed by atoms with E-state index in [2.05, 4.69) is 0 Å². The van der Waals surface area contributed by atoms with Crippen LogP contribution in [-0.2, 0) is 24.2 Å². The number of nitrogens with zero attached hydrogens (tertiary/aromatic N) is 1. The summed E-state index contributed by atoms with van der Waals surface area (Å²) >= 11 is 0. The summed E-state index contributed by atoms with van der Waals surface area (Å²) in [6, 6.07) is 7.18. The van der Waals surface area contributed by atoms with Crippen LogP contribution in [0.2, 0.25) is 0 Å². The maximum atomic E-state index is 12.6. The van der Waals surface area contributed by atoms with Crippen LogP contribution < -0.4 is 0 Å². The van der Waals surface area contributed by atoms with E-state index >= 15 is 0 Å². The zero-order valence-corrected chi connectivity index (χ0v) is 16.9.